The summed E-state index contributed by atoms with van der Waals surface area (Å²) in [5, 5.41) is 0. The second kappa shape index (κ2) is 5.64. The van der Waals surface area contributed by atoms with Crippen LogP contribution in [0.1, 0.15) is 10.4 Å². The zero-order chi connectivity index (χ0) is 13.0. The molecule has 1 heterocycles. The van der Waals surface area contributed by atoms with E-state index in [0.29, 0.717) is 5.56 Å². The van der Waals surface area contributed by atoms with Crippen LogP contribution in [-0.4, -0.2) is 22.2 Å². The lowest BCUT2D eigenvalue weighted by Gasteiger charge is -2.15. The number of halogens is 1. The van der Waals surface area contributed by atoms with Gasteiger partial charge >= 0.3 is 0 Å². The third-order valence-corrected chi connectivity index (χ3v) is 3.17. The third kappa shape index (κ3) is 3.07. The Morgan fingerprint density at radius 1 is 1.28 bits per heavy atom. The fraction of sp³-hybridized carbons (Fsp3) is 0.0769. The number of carbonyl (C=O) groups excluding carboxylic acids is 1. The highest BCUT2D eigenvalue weighted by atomic mass is 32.2. The molecule has 0 bridgehead atoms. The van der Waals surface area contributed by atoms with Crippen molar-refractivity contribution in [1.29, 1.82) is 0 Å². The van der Waals surface area contributed by atoms with E-state index in [1.807, 2.05) is 0 Å². The van der Waals surface area contributed by atoms with Crippen molar-refractivity contribution in [1.82, 2.24) is 9.29 Å². The smallest absolute Gasteiger partial charge is 0.265 e. The minimum atomic E-state index is -0.291. The molecule has 0 spiro atoms. The van der Waals surface area contributed by atoms with Gasteiger partial charge in [-0.2, -0.15) is 0 Å². The average molecular weight is 262 g/mol. The average Bonchev–Trinajstić information content (AvgIpc) is 2.41. The number of aromatic nitrogens is 1. The lowest BCUT2D eigenvalue weighted by atomic mass is 10.3. The van der Waals surface area contributed by atoms with E-state index in [-0.39, 0.29) is 11.7 Å². The van der Waals surface area contributed by atoms with Gasteiger partial charge in [-0.15, -0.1) is 0 Å². The second-order valence-electron chi connectivity index (χ2n) is 3.59. The molecule has 2 rings (SSSR count). The van der Waals surface area contributed by atoms with Crippen LogP contribution in [0.25, 0.3) is 0 Å². The van der Waals surface area contributed by atoms with E-state index in [2.05, 4.69) is 4.98 Å². The van der Waals surface area contributed by atoms with Crippen molar-refractivity contribution >= 4 is 17.9 Å². The van der Waals surface area contributed by atoms with E-state index >= 15 is 0 Å². The van der Waals surface area contributed by atoms with Gasteiger partial charge in [0.25, 0.3) is 5.91 Å². The molecule has 3 nitrogen and oxygen atoms in total. The van der Waals surface area contributed by atoms with Crippen LogP contribution in [0, 0.1) is 5.82 Å². The molecule has 2 aromatic rings. The first kappa shape index (κ1) is 12.6. The Morgan fingerprint density at radius 2 is 2.00 bits per heavy atom. The maximum absolute atomic E-state index is 12.7. The summed E-state index contributed by atoms with van der Waals surface area (Å²) in [5.74, 6) is -0.432. The van der Waals surface area contributed by atoms with Crippen LogP contribution >= 0.6 is 11.9 Å². The normalized spacial score (nSPS) is 10.1. The highest BCUT2D eigenvalue weighted by Crippen LogP contribution is 2.22. The van der Waals surface area contributed by atoms with Crippen LogP contribution in [-0.2, 0) is 0 Å². The van der Waals surface area contributed by atoms with Gasteiger partial charge in [0.1, 0.15) is 5.82 Å². The first-order chi connectivity index (χ1) is 8.66. The standard InChI is InChI=1S/C13H11FN2OS/c1-16(13(17)10-3-2-8-15-9-10)18-12-6-4-11(14)5-7-12/h2-9H,1H3. The number of hydrogen-bond acceptors (Lipinski definition) is 3. The zero-order valence-electron chi connectivity index (χ0n) is 9.71. The van der Waals surface area contributed by atoms with Crippen LogP contribution in [0.4, 0.5) is 4.39 Å². The topological polar surface area (TPSA) is 33.2 Å². The first-order valence-electron chi connectivity index (χ1n) is 5.28. The lowest BCUT2D eigenvalue weighted by molar-refractivity contribution is 0.0891. The summed E-state index contributed by atoms with van der Waals surface area (Å²) in [5.41, 5.74) is 0.523. The van der Waals surface area contributed by atoms with E-state index in [1.54, 1.807) is 37.5 Å². The first-order valence-corrected chi connectivity index (χ1v) is 6.06. The number of rotatable bonds is 3. The SMILES string of the molecule is CN(Sc1ccc(F)cc1)C(=O)c1cccnc1. The van der Waals surface area contributed by atoms with Gasteiger partial charge < -0.3 is 0 Å². The van der Waals surface area contributed by atoms with Crippen LogP contribution in [0.2, 0.25) is 0 Å². The minimum absolute atomic E-state index is 0.141. The lowest BCUT2D eigenvalue weighted by Crippen LogP contribution is -2.19. The molecular formula is C13H11FN2OS. The molecule has 1 aromatic carbocycles. The number of benzene rings is 1. The molecule has 0 atom stereocenters. The van der Waals surface area contributed by atoms with Gasteiger partial charge in [-0.3, -0.25) is 14.1 Å². The predicted octanol–water partition coefficient (Wildman–Crippen LogP) is 3.00. The number of amides is 1. The Balaban J connectivity index is 2.06. The Bertz CT molecular complexity index is 530. The van der Waals surface area contributed by atoms with E-state index in [4.69, 9.17) is 0 Å². The summed E-state index contributed by atoms with van der Waals surface area (Å²) in [4.78, 5) is 16.7. The Morgan fingerprint density at radius 3 is 2.61 bits per heavy atom. The number of carbonyl (C=O) groups is 1. The molecule has 0 aliphatic heterocycles. The fourth-order valence-electron chi connectivity index (χ4n) is 1.37. The molecule has 0 aliphatic rings. The molecule has 0 saturated heterocycles. The molecule has 5 heteroatoms. The highest BCUT2D eigenvalue weighted by molar-refractivity contribution is 7.97. The van der Waals surface area contributed by atoms with Gasteiger partial charge in [-0.25, -0.2) is 4.39 Å². The monoisotopic (exact) mass is 262 g/mol. The van der Waals surface area contributed by atoms with E-state index in [1.165, 1.54) is 34.6 Å². The van der Waals surface area contributed by atoms with Crippen LogP contribution in [0.15, 0.2) is 53.7 Å². The molecule has 92 valence electrons. The molecule has 18 heavy (non-hydrogen) atoms. The van der Waals surface area contributed by atoms with Gasteiger partial charge in [0.15, 0.2) is 0 Å². The number of pyridine rings is 1. The van der Waals surface area contributed by atoms with Gasteiger partial charge in [0, 0.05) is 24.3 Å². The molecule has 0 radical (unpaired) electrons. The maximum atomic E-state index is 12.7. The summed E-state index contributed by atoms with van der Waals surface area (Å²) in [7, 11) is 1.67. The van der Waals surface area contributed by atoms with Crippen molar-refractivity contribution in [2.24, 2.45) is 0 Å². The number of nitrogens with zero attached hydrogens (tertiary/aromatic N) is 2. The van der Waals surface area contributed by atoms with Gasteiger partial charge in [-0.05, 0) is 48.3 Å². The van der Waals surface area contributed by atoms with Crippen molar-refractivity contribution in [3.8, 4) is 0 Å². The molecule has 0 aliphatic carbocycles. The van der Waals surface area contributed by atoms with Gasteiger partial charge in [-0.1, -0.05) is 0 Å². The molecule has 1 aromatic heterocycles. The van der Waals surface area contributed by atoms with Crippen LogP contribution in [0.3, 0.4) is 0 Å². The highest BCUT2D eigenvalue weighted by Gasteiger charge is 2.12. The molecule has 0 fully saturated rings. The van der Waals surface area contributed by atoms with Gasteiger partial charge in [0.2, 0.25) is 0 Å². The van der Waals surface area contributed by atoms with E-state index < -0.39 is 0 Å². The Labute approximate surface area is 109 Å². The van der Waals surface area contributed by atoms with E-state index in [9.17, 15) is 9.18 Å². The summed E-state index contributed by atoms with van der Waals surface area (Å²) in [6.45, 7) is 0. The Hall–Kier alpha value is -1.88. The van der Waals surface area contributed by atoms with E-state index in [0.717, 1.165) is 4.90 Å². The Kier molecular flexibility index (Phi) is 3.94. The summed E-state index contributed by atoms with van der Waals surface area (Å²) >= 11 is 1.24. The summed E-state index contributed by atoms with van der Waals surface area (Å²) in [6, 6.07) is 9.41. The number of hydrogen-bond donors (Lipinski definition) is 0. The summed E-state index contributed by atoms with van der Waals surface area (Å²) in [6.07, 6.45) is 3.13. The molecule has 0 saturated carbocycles. The van der Waals surface area contributed by atoms with Gasteiger partial charge in [0.05, 0.1) is 5.56 Å². The van der Waals surface area contributed by atoms with Crippen molar-refractivity contribution in [2.45, 2.75) is 4.90 Å². The van der Waals surface area contributed by atoms with Crippen molar-refractivity contribution in [3.63, 3.8) is 0 Å². The molecular weight excluding hydrogens is 251 g/mol. The largest absolute Gasteiger partial charge is 0.281 e. The zero-order valence-corrected chi connectivity index (χ0v) is 10.5. The third-order valence-electron chi connectivity index (χ3n) is 2.25. The quantitative estimate of drug-likeness (QED) is 0.797. The van der Waals surface area contributed by atoms with Crippen molar-refractivity contribution in [3.05, 3.63) is 60.2 Å². The molecule has 0 unspecified atom stereocenters. The molecule has 1 amide bonds. The van der Waals surface area contributed by atoms with Crippen LogP contribution in [0.5, 0.6) is 0 Å². The molecule has 0 N–H and O–H groups in total. The fourth-order valence-corrected chi connectivity index (χ4v) is 2.13. The predicted molar refractivity (Wildman–Crippen MR) is 68.6 cm³/mol. The van der Waals surface area contributed by atoms with Crippen LogP contribution < -0.4 is 0 Å². The van der Waals surface area contributed by atoms with Crippen molar-refractivity contribution < 1.29 is 9.18 Å². The summed E-state index contributed by atoms with van der Waals surface area (Å²) < 4.78 is 14.2. The maximum Gasteiger partial charge on any atom is 0.265 e. The van der Waals surface area contributed by atoms with Crippen molar-refractivity contribution in [2.75, 3.05) is 7.05 Å². The minimum Gasteiger partial charge on any atom is -0.281 e. The second-order valence-corrected chi connectivity index (χ2v) is 4.79.